The highest BCUT2D eigenvalue weighted by Gasteiger charge is 2.20. The number of rotatable bonds is 6. The van der Waals surface area contributed by atoms with Crippen LogP contribution < -0.4 is 16.4 Å². The molecule has 1 rings (SSSR count). The number of primary amides is 1. The van der Waals surface area contributed by atoms with Crippen LogP contribution >= 0.6 is 0 Å². The molecule has 0 radical (unpaired) electrons. The Morgan fingerprint density at radius 1 is 1.38 bits per heavy atom. The Labute approximate surface area is 120 Å². The van der Waals surface area contributed by atoms with Crippen molar-refractivity contribution in [3.63, 3.8) is 0 Å². The summed E-state index contributed by atoms with van der Waals surface area (Å²) in [5.74, 6) is -1.91. The smallest absolute Gasteiger partial charge is 0.326 e. The number of carbonyl (C=O) groups is 3. The maximum absolute atomic E-state index is 11.7. The molecule has 0 spiro atoms. The fourth-order valence-electron chi connectivity index (χ4n) is 1.54. The summed E-state index contributed by atoms with van der Waals surface area (Å²) in [7, 11) is 0. The van der Waals surface area contributed by atoms with Gasteiger partial charge < -0.3 is 21.5 Å². The van der Waals surface area contributed by atoms with Crippen molar-refractivity contribution in [2.75, 3.05) is 5.32 Å². The first-order valence-electron chi connectivity index (χ1n) is 6.01. The monoisotopic (exact) mass is 290 g/mol. The zero-order valence-corrected chi connectivity index (χ0v) is 11.0. The zero-order valence-electron chi connectivity index (χ0n) is 11.0. The van der Waals surface area contributed by atoms with Gasteiger partial charge in [0.1, 0.15) is 6.04 Å². The Bertz CT molecular complexity index is 594. The zero-order chi connectivity index (χ0) is 15.8. The number of anilines is 1. The molecule has 0 aliphatic carbocycles. The summed E-state index contributed by atoms with van der Waals surface area (Å²) in [4.78, 5) is 33.3. The molecule has 0 fully saturated rings. The number of benzene rings is 1. The van der Waals surface area contributed by atoms with Gasteiger partial charge in [-0.3, -0.25) is 4.79 Å². The molecule has 0 bridgehead atoms. The highest BCUT2D eigenvalue weighted by Crippen LogP contribution is 2.09. The molecule has 8 nitrogen and oxygen atoms in total. The van der Waals surface area contributed by atoms with Gasteiger partial charge in [-0.1, -0.05) is 6.07 Å². The van der Waals surface area contributed by atoms with E-state index in [1.807, 2.05) is 6.07 Å². The highest BCUT2D eigenvalue weighted by atomic mass is 16.4. The third kappa shape index (κ3) is 5.61. The maximum atomic E-state index is 11.7. The van der Waals surface area contributed by atoms with E-state index in [1.54, 1.807) is 18.2 Å². The van der Waals surface area contributed by atoms with Gasteiger partial charge in [0.25, 0.3) is 0 Å². The summed E-state index contributed by atoms with van der Waals surface area (Å²) < 4.78 is 0. The van der Waals surface area contributed by atoms with Crippen molar-refractivity contribution >= 4 is 23.6 Å². The van der Waals surface area contributed by atoms with E-state index >= 15 is 0 Å². The number of nitrogens with zero attached hydrogens (tertiary/aromatic N) is 1. The molecule has 5 N–H and O–H groups in total. The molecule has 1 atom stereocenters. The molecule has 0 aliphatic rings. The molecule has 0 aliphatic heterocycles. The molecule has 0 saturated carbocycles. The maximum Gasteiger partial charge on any atom is 0.326 e. The molecule has 8 heteroatoms. The Morgan fingerprint density at radius 2 is 2.10 bits per heavy atom. The van der Waals surface area contributed by atoms with Crippen molar-refractivity contribution in [2.24, 2.45) is 5.73 Å². The topological polar surface area (TPSA) is 145 Å². The molecule has 0 aromatic heterocycles. The Hall–Kier alpha value is -3.08. The van der Waals surface area contributed by atoms with E-state index in [4.69, 9.17) is 16.1 Å². The van der Waals surface area contributed by atoms with Crippen molar-refractivity contribution < 1.29 is 19.5 Å². The first kappa shape index (κ1) is 16.0. The number of hydrogen-bond acceptors (Lipinski definition) is 4. The predicted octanol–water partition coefficient (Wildman–Crippen LogP) is 0.398. The minimum absolute atomic E-state index is 0.101. The van der Waals surface area contributed by atoms with Crippen LogP contribution in [0.2, 0.25) is 0 Å². The lowest BCUT2D eigenvalue weighted by Crippen LogP contribution is -2.43. The number of carboxylic acid groups (broad SMARTS) is 1. The molecule has 0 unspecified atom stereocenters. The fourth-order valence-corrected chi connectivity index (χ4v) is 1.54. The lowest BCUT2D eigenvalue weighted by atomic mass is 10.1. The van der Waals surface area contributed by atoms with E-state index in [2.05, 4.69) is 10.6 Å². The molecule has 3 amide bonds. The molecule has 110 valence electrons. The third-order valence-corrected chi connectivity index (χ3v) is 2.53. The highest BCUT2D eigenvalue weighted by molar-refractivity contribution is 5.92. The molecule has 21 heavy (non-hydrogen) atoms. The van der Waals surface area contributed by atoms with Gasteiger partial charge in [-0.05, 0) is 24.6 Å². The second kappa shape index (κ2) is 7.49. The Balaban J connectivity index is 2.63. The van der Waals surface area contributed by atoms with Gasteiger partial charge in [-0.2, -0.15) is 5.26 Å². The van der Waals surface area contributed by atoms with Crippen LogP contribution in [0.3, 0.4) is 0 Å². The van der Waals surface area contributed by atoms with Crippen LogP contribution in [0.4, 0.5) is 10.5 Å². The van der Waals surface area contributed by atoms with Crippen LogP contribution in [0.25, 0.3) is 0 Å². The summed E-state index contributed by atoms with van der Waals surface area (Å²) >= 11 is 0. The lowest BCUT2D eigenvalue weighted by molar-refractivity contribution is -0.139. The molecular formula is C13H14N4O4. The summed E-state index contributed by atoms with van der Waals surface area (Å²) in [5.41, 5.74) is 5.65. The molecular weight excluding hydrogens is 276 g/mol. The number of nitrogens with two attached hydrogens (primary N) is 1. The molecule has 1 aromatic carbocycles. The van der Waals surface area contributed by atoms with Crippen molar-refractivity contribution in [1.82, 2.24) is 5.32 Å². The molecule has 1 aromatic rings. The van der Waals surface area contributed by atoms with Gasteiger partial charge in [0.15, 0.2) is 0 Å². The summed E-state index contributed by atoms with van der Waals surface area (Å²) in [6.45, 7) is 0. The SMILES string of the molecule is N#Cc1cccc(NC(=O)N[C@H](CCC(N)=O)C(=O)O)c1. The van der Waals surface area contributed by atoms with Crippen molar-refractivity contribution in [3.8, 4) is 6.07 Å². The van der Waals surface area contributed by atoms with E-state index in [1.165, 1.54) is 6.07 Å². The summed E-state index contributed by atoms with van der Waals surface area (Å²) in [6.07, 6.45) is -0.252. The van der Waals surface area contributed by atoms with Gasteiger partial charge in [-0.15, -0.1) is 0 Å². The van der Waals surface area contributed by atoms with Gasteiger partial charge in [0.05, 0.1) is 11.6 Å². The van der Waals surface area contributed by atoms with Crippen molar-refractivity contribution in [3.05, 3.63) is 29.8 Å². The fraction of sp³-hybridized carbons (Fsp3) is 0.231. The number of carboxylic acids is 1. The number of nitriles is 1. The number of carbonyl (C=O) groups excluding carboxylic acids is 2. The first-order valence-corrected chi connectivity index (χ1v) is 6.01. The van der Waals surface area contributed by atoms with Gasteiger partial charge in [0.2, 0.25) is 5.91 Å². The van der Waals surface area contributed by atoms with Crippen LogP contribution in [0.1, 0.15) is 18.4 Å². The van der Waals surface area contributed by atoms with Gasteiger partial charge in [0, 0.05) is 12.1 Å². The van der Waals surface area contributed by atoms with Crippen molar-refractivity contribution in [1.29, 1.82) is 5.26 Å². The first-order chi connectivity index (χ1) is 9.92. The Morgan fingerprint density at radius 3 is 2.67 bits per heavy atom. The normalized spacial score (nSPS) is 11.0. The number of hydrogen-bond donors (Lipinski definition) is 4. The van der Waals surface area contributed by atoms with E-state index in [9.17, 15) is 14.4 Å². The Kier molecular flexibility index (Phi) is 5.70. The average molecular weight is 290 g/mol. The van der Waals surface area contributed by atoms with Crippen LogP contribution in [0.15, 0.2) is 24.3 Å². The predicted molar refractivity (Wildman–Crippen MR) is 73.2 cm³/mol. The van der Waals surface area contributed by atoms with Crippen LogP contribution in [-0.2, 0) is 9.59 Å². The second-order valence-corrected chi connectivity index (χ2v) is 4.19. The van der Waals surface area contributed by atoms with Crippen molar-refractivity contribution in [2.45, 2.75) is 18.9 Å². The summed E-state index contributed by atoms with van der Waals surface area (Å²) in [6, 6.07) is 6.08. The molecule has 0 heterocycles. The minimum atomic E-state index is -1.27. The number of urea groups is 1. The molecule has 0 saturated heterocycles. The summed E-state index contributed by atoms with van der Waals surface area (Å²) in [5, 5.41) is 22.3. The second-order valence-electron chi connectivity index (χ2n) is 4.19. The quantitative estimate of drug-likeness (QED) is 0.599. The van der Waals surface area contributed by atoms with Gasteiger partial charge >= 0.3 is 12.0 Å². The van der Waals surface area contributed by atoms with E-state index < -0.39 is 23.9 Å². The number of aliphatic carboxylic acids is 1. The standard InChI is InChI=1S/C13H14N4O4/c14-7-8-2-1-3-9(6-8)16-13(21)17-10(12(19)20)4-5-11(15)18/h1-3,6,10H,4-5H2,(H2,15,18)(H,19,20)(H2,16,17,21)/t10-/m1/s1. The van der Waals surface area contributed by atoms with E-state index in [0.29, 0.717) is 11.3 Å². The third-order valence-electron chi connectivity index (χ3n) is 2.53. The number of amides is 3. The lowest BCUT2D eigenvalue weighted by Gasteiger charge is -2.14. The average Bonchev–Trinajstić information content (AvgIpc) is 2.43. The van der Waals surface area contributed by atoms with Gasteiger partial charge in [-0.25, -0.2) is 9.59 Å². The van der Waals surface area contributed by atoms with Crippen LogP contribution in [-0.4, -0.2) is 29.1 Å². The van der Waals surface area contributed by atoms with E-state index in [0.717, 1.165) is 0 Å². The minimum Gasteiger partial charge on any atom is -0.480 e. The number of nitrogens with one attached hydrogen (secondary N) is 2. The van der Waals surface area contributed by atoms with E-state index in [-0.39, 0.29) is 12.8 Å². The van der Waals surface area contributed by atoms with Crippen LogP contribution in [0, 0.1) is 11.3 Å². The largest absolute Gasteiger partial charge is 0.480 e. The van der Waals surface area contributed by atoms with Crippen LogP contribution in [0.5, 0.6) is 0 Å².